The molecular formula is C27H26N6O2. The van der Waals surface area contributed by atoms with Crippen LogP contribution in [0.5, 0.6) is 0 Å². The van der Waals surface area contributed by atoms with Gasteiger partial charge in [0.15, 0.2) is 5.65 Å². The second-order valence-electron chi connectivity index (χ2n) is 8.39. The molecule has 8 nitrogen and oxygen atoms in total. The van der Waals surface area contributed by atoms with Crippen LogP contribution in [-0.4, -0.2) is 43.6 Å². The summed E-state index contributed by atoms with van der Waals surface area (Å²) in [6, 6.07) is 16.2. The smallest absolute Gasteiger partial charge is 0.343 e. The van der Waals surface area contributed by atoms with E-state index in [9.17, 15) is 4.79 Å². The third-order valence-corrected chi connectivity index (χ3v) is 5.87. The van der Waals surface area contributed by atoms with Crippen LogP contribution < -0.4 is 4.90 Å². The topological polar surface area (TPSA) is 77.0 Å². The van der Waals surface area contributed by atoms with Crippen LogP contribution in [0.4, 0.5) is 5.82 Å². The summed E-state index contributed by atoms with van der Waals surface area (Å²) in [4.78, 5) is 24.2. The minimum atomic E-state index is -0.450. The number of anilines is 1. The fourth-order valence-corrected chi connectivity index (χ4v) is 4.20. The zero-order chi connectivity index (χ0) is 24.5. The van der Waals surface area contributed by atoms with E-state index >= 15 is 0 Å². The number of carbonyl (C=O) groups excluding carboxylic acids is 1. The Bertz CT molecular complexity index is 1550. The third-order valence-electron chi connectivity index (χ3n) is 5.87. The Hall–Kier alpha value is -4.46. The molecule has 0 spiro atoms. The predicted molar refractivity (Wildman–Crippen MR) is 136 cm³/mol. The number of carbonyl (C=O) groups is 1. The number of fused-ring (bicyclic) bond motifs is 2. The van der Waals surface area contributed by atoms with Gasteiger partial charge < -0.3 is 9.64 Å². The highest BCUT2D eigenvalue weighted by molar-refractivity contribution is 5.96. The van der Waals surface area contributed by atoms with E-state index in [1.54, 1.807) is 17.6 Å². The molecule has 0 aliphatic heterocycles. The minimum Gasteiger partial charge on any atom is -0.462 e. The summed E-state index contributed by atoms with van der Waals surface area (Å²) in [5.74, 6) is 0.343. The maximum absolute atomic E-state index is 12.7. The first kappa shape index (κ1) is 22.3. The molecule has 0 atom stereocenters. The number of imidazole rings is 1. The van der Waals surface area contributed by atoms with E-state index in [1.807, 2.05) is 61.0 Å². The molecule has 0 unspecified atom stereocenters. The first-order valence-electron chi connectivity index (χ1n) is 11.4. The molecule has 0 bridgehead atoms. The van der Waals surface area contributed by atoms with Crippen LogP contribution in [0.2, 0.25) is 0 Å². The van der Waals surface area contributed by atoms with E-state index in [-0.39, 0.29) is 6.61 Å². The summed E-state index contributed by atoms with van der Waals surface area (Å²) in [5.41, 5.74) is 6.15. The lowest BCUT2D eigenvalue weighted by atomic mass is 10.1. The van der Waals surface area contributed by atoms with Gasteiger partial charge in [-0.2, -0.15) is 9.61 Å². The fraction of sp³-hybridized carbons (Fsp3) is 0.185. The Balaban J connectivity index is 1.71. The molecule has 4 aromatic heterocycles. The number of benzene rings is 1. The lowest BCUT2D eigenvalue weighted by Gasteiger charge is -2.21. The molecular weight excluding hydrogens is 440 g/mol. The van der Waals surface area contributed by atoms with Gasteiger partial charge in [0.2, 0.25) is 0 Å². The van der Waals surface area contributed by atoms with Gasteiger partial charge in [-0.3, -0.25) is 4.40 Å². The van der Waals surface area contributed by atoms with Gasteiger partial charge in [-0.15, -0.1) is 0 Å². The largest absolute Gasteiger partial charge is 0.462 e. The second-order valence-corrected chi connectivity index (χ2v) is 8.39. The summed E-state index contributed by atoms with van der Waals surface area (Å²) in [6.07, 6.45) is 5.18. The van der Waals surface area contributed by atoms with Crippen LogP contribution in [0.25, 0.3) is 28.3 Å². The quantitative estimate of drug-likeness (QED) is 0.318. The predicted octanol–water partition coefficient (Wildman–Crippen LogP) is 4.89. The van der Waals surface area contributed by atoms with E-state index in [2.05, 4.69) is 33.7 Å². The molecule has 5 rings (SSSR count). The number of nitrogens with zero attached hydrogens (tertiary/aromatic N) is 6. The van der Waals surface area contributed by atoms with E-state index in [0.29, 0.717) is 23.4 Å². The molecule has 176 valence electrons. The van der Waals surface area contributed by atoms with Crippen molar-refractivity contribution in [2.24, 2.45) is 0 Å². The van der Waals surface area contributed by atoms with Crippen LogP contribution in [-0.2, 0) is 11.3 Å². The molecule has 0 aliphatic carbocycles. The molecule has 8 heteroatoms. The van der Waals surface area contributed by atoms with Crippen LogP contribution in [0.15, 0.2) is 73.7 Å². The zero-order valence-corrected chi connectivity index (χ0v) is 20.0. The molecule has 4 heterocycles. The Labute approximate surface area is 203 Å². The molecule has 35 heavy (non-hydrogen) atoms. The van der Waals surface area contributed by atoms with Crippen molar-refractivity contribution in [2.75, 3.05) is 18.6 Å². The first-order valence-corrected chi connectivity index (χ1v) is 11.4. The number of allylic oxidation sites excluding steroid dienone is 1. The van der Waals surface area contributed by atoms with Gasteiger partial charge in [-0.25, -0.2) is 14.8 Å². The van der Waals surface area contributed by atoms with Crippen LogP contribution in [0.3, 0.4) is 0 Å². The summed E-state index contributed by atoms with van der Waals surface area (Å²) in [5, 5.41) is 4.49. The van der Waals surface area contributed by atoms with Crippen molar-refractivity contribution < 1.29 is 9.53 Å². The summed E-state index contributed by atoms with van der Waals surface area (Å²) >= 11 is 0. The van der Waals surface area contributed by atoms with E-state index in [4.69, 9.17) is 9.72 Å². The number of ether oxygens (including phenoxy) is 1. The molecule has 1 aromatic carbocycles. The number of pyridine rings is 1. The molecule has 0 aliphatic rings. The van der Waals surface area contributed by atoms with Gasteiger partial charge in [0, 0.05) is 37.6 Å². The van der Waals surface area contributed by atoms with Crippen molar-refractivity contribution >= 4 is 28.7 Å². The number of rotatable bonds is 7. The molecule has 5 aromatic rings. The number of hydrogen-bond donors (Lipinski definition) is 0. The molecule has 0 saturated heterocycles. The maximum atomic E-state index is 12.7. The van der Waals surface area contributed by atoms with Crippen LogP contribution >= 0.6 is 0 Å². The third kappa shape index (κ3) is 4.03. The van der Waals surface area contributed by atoms with Crippen molar-refractivity contribution in [1.29, 1.82) is 0 Å². The van der Waals surface area contributed by atoms with Crippen molar-refractivity contribution in [3.63, 3.8) is 0 Å². The van der Waals surface area contributed by atoms with Gasteiger partial charge in [0.25, 0.3) is 0 Å². The average molecular weight is 467 g/mol. The highest BCUT2D eigenvalue weighted by atomic mass is 16.5. The highest BCUT2D eigenvalue weighted by Gasteiger charge is 2.21. The standard InChI is InChI=1S/C27H26N6O2/c1-5-35-27(34)21-16-29-33-24(31(4)17-19-9-7-6-8-10-19)15-22(30-26(21)33)23-12-11-20(18(2)3)25-28-13-14-32(23)25/h6-16H,2,5,17H2,1,3-4H3. The number of aromatic nitrogens is 5. The lowest BCUT2D eigenvalue weighted by Crippen LogP contribution is -2.20. The summed E-state index contributed by atoms with van der Waals surface area (Å²) < 4.78 is 8.94. The molecule has 0 saturated carbocycles. The fourth-order valence-electron chi connectivity index (χ4n) is 4.20. The van der Waals surface area contributed by atoms with Gasteiger partial charge >= 0.3 is 5.97 Å². The van der Waals surface area contributed by atoms with Crippen molar-refractivity contribution in [3.8, 4) is 11.4 Å². The van der Waals surface area contributed by atoms with Gasteiger partial charge in [0.1, 0.15) is 17.0 Å². The SMILES string of the molecule is C=C(C)c1ccc(-c2cc(N(C)Cc3ccccc3)n3ncc(C(=O)OCC)c3n2)n2ccnc12. The van der Waals surface area contributed by atoms with Gasteiger partial charge in [-0.05, 0) is 37.1 Å². The van der Waals surface area contributed by atoms with Crippen LogP contribution in [0, 0.1) is 0 Å². The molecule has 0 N–H and O–H groups in total. The van der Waals surface area contributed by atoms with Crippen molar-refractivity contribution in [3.05, 3.63) is 90.4 Å². The molecule has 0 amide bonds. The Morgan fingerprint density at radius 2 is 1.91 bits per heavy atom. The highest BCUT2D eigenvalue weighted by Crippen LogP contribution is 2.29. The monoisotopic (exact) mass is 466 g/mol. The summed E-state index contributed by atoms with van der Waals surface area (Å²) in [6.45, 7) is 8.75. The Kier molecular flexibility index (Phi) is 5.78. The normalized spacial score (nSPS) is 11.2. The Morgan fingerprint density at radius 3 is 2.66 bits per heavy atom. The van der Waals surface area contributed by atoms with Gasteiger partial charge in [0.05, 0.1) is 24.2 Å². The number of esters is 1. The Morgan fingerprint density at radius 1 is 1.11 bits per heavy atom. The maximum Gasteiger partial charge on any atom is 0.343 e. The van der Waals surface area contributed by atoms with Crippen molar-refractivity contribution in [1.82, 2.24) is 24.0 Å². The average Bonchev–Trinajstić information content (AvgIpc) is 3.51. The lowest BCUT2D eigenvalue weighted by molar-refractivity contribution is 0.0528. The summed E-state index contributed by atoms with van der Waals surface area (Å²) in [7, 11) is 1.99. The van der Waals surface area contributed by atoms with Crippen molar-refractivity contribution in [2.45, 2.75) is 20.4 Å². The van der Waals surface area contributed by atoms with E-state index in [1.165, 1.54) is 6.20 Å². The molecule has 0 radical (unpaired) electrons. The minimum absolute atomic E-state index is 0.272. The molecule has 0 fully saturated rings. The number of hydrogen-bond acceptors (Lipinski definition) is 6. The zero-order valence-electron chi connectivity index (χ0n) is 20.0. The van der Waals surface area contributed by atoms with E-state index < -0.39 is 5.97 Å². The second kappa shape index (κ2) is 9.06. The van der Waals surface area contributed by atoms with Gasteiger partial charge in [-0.1, -0.05) is 36.9 Å². The first-order chi connectivity index (χ1) is 17.0. The van der Waals surface area contributed by atoms with Crippen LogP contribution in [0.1, 0.15) is 35.3 Å². The van der Waals surface area contributed by atoms with E-state index in [0.717, 1.165) is 33.9 Å².